The summed E-state index contributed by atoms with van der Waals surface area (Å²) in [6.45, 7) is 2.97. The molecule has 0 radical (unpaired) electrons. The van der Waals surface area contributed by atoms with Gasteiger partial charge in [-0.25, -0.2) is 4.79 Å². The predicted molar refractivity (Wildman–Crippen MR) is 68.9 cm³/mol. The van der Waals surface area contributed by atoms with E-state index in [0.717, 1.165) is 6.42 Å². The van der Waals surface area contributed by atoms with Gasteiger partial charge in [0, 0.05) is 13.1 Å². The fraction of sp³-hybridized carbons (Fsp3) is 0.636. The van der Waals surface area contributed by atoms with E-state index in [4.69, 9.17) is 11.6 Å². The van der Waals surface area contributed by atoms with E-state index in [1.807, 2.05) is 25.9 Å². The molecule has 0 bridgehead atoms. The number of hydrogen-bond acceptors (Lipinski definition) is 3. The first-order valence-corrected chi connectivity index (χ1v) is 6.01. The summed E-state index contributed by atoms with van der Waals surface area (Å²) in [4.78, 5) is 28.1. The van der Waals surface area contributed by atoms with Crippen LogP contribution in [-0.4, -0.2) is 35.1 Å². The summed E-state index contributed by atoms with van der Waals surface area (Å²) in [5, 5.41) is 0.169. The summed E-state index contributed by atoms with van der Waals surface area (Å²) in [7, 11) is 3.78. The van der Waals surface area contributed by atoms with Crippen molar-refractivity contribution in [1.29, 1.82) is 0 Å². The molecule has 1 rings (SSSR count). The van der Waals surface area contributed by atoms with Crippen LogP contribution in [0.25, 0.3) is 0 Å². The summed E-state index contributed by atoms with van der Waals surface area (Å²) in [5.74, 6) is 0. The average molecular weight is 260 g/mol. The van der Waals surface area contributed by atoms with E-state index in [1.54, 1.807) is 0 Å². The number of nitrogens with one attached hydrogen (secondary N) is 1. The van der Waals surface area contributed by atoms with Gasteiger partial charge in [0.05, 0.1) is 5.56 Å². The molecule has 1 aromatic heterocycles. The molecular formula is C11H18ClN3O2. The van der Waals surface area contributed by atoms with Crippen molar-refractivity contribution >= 4 is 11.6 Å². The van der Waals surface area contributed by atoms with Crippen molar-refractivity contribution in [3.8, 4) is 0 Å². The van der Waals surface area contributed by atoms with Crippen molar-refractivity contribution in [2.24, 2.45) is 0 Å². The molecule has 0 aromatic carbocycles. The average Bonchev–Trinajstić information content (AvgIpc) is 2.23. The number of nitrogens with zero attached hydrogens (tertiary/aromatic N) is 2. The van der Waals surface area contributed by atoms with Crippen LogP contribution in [0, 0.1) is 0 Å². The van der Waals surface area contributed by atoms with E-state index in [2.05, 4.69) is 4.98 Å². The molecule has 0 amide bonds. The Balaban J connectivity index is 3.17. The maximum absolute atomic E-state index is 12.1. The Bertz CT molecular complexity index is 490. The van der Waals surface area contributed by atoms with Crippen molar-refractivity contribution in [2.45, 2.75) is 26.3 Å². The Kier molecular flexibility index (Phi) is 4.96. The van der Waals surface area contributed by atoms with Crippen LogP contribution in [0.2, 0.25) is 5.15 Å². The van der Waals surface area contributed by atoms with Gasteiger partial charge in [-0.3, -0.25) is 14.3 Å². The van der Waals surface area contributed by atoms with Crippen molar-refractivity contribution in [1.82, 2.24) is 14.5 Å². The van der Waals surface area contributed by atoms with Crippen LogP contribution in [0.5, 0.6) is 0 Å². The number of rotatable bonds is 5. The van der Waals surface area contributed by atoms with Gasteiger partial charge in [0.25, 0.3) is 5.56 Å². The van der Waals surface area contributed by atoms with E-state index >= 15 is 0 Å². The van der Waals surface area contributed by atoms with Crippen LogP contribution in [0.15, 0.2) is 9.59 Å². The van der Waals surface area contributed by atoms with Gasteiger partial charge in [-0.2, -0.15) is 0 Å². The van der Waals surface area contributed by atoms with E-state index in [9.17, 15) is 9.59 Å². The predicted octanol–water partition coefficient (Wildman–Crippen LogP) is 0.704. The van der Waals surface area contributed by atoms with Gasteiger partial charge in [0.1, 0.15) is 5.15 Å². The normalized spacial score (nSPS) is 11.1. The highest BCUT2D eigenvalue weighted by atomic mass is 35.5. The second-order valence-corrected chi connectivity index (χ2v) is 4.61. The number of likely N-dealkylation sites (N-methyl/N-ethyl adjacent to an activating group) is 1. The lowest BCUT2D eigenvalue weighted by molar-refractivity contribution is 0.375. The van der Waals surface area contributed by atoms with Crippen LogP contribution in [0.4, 0.5) is 0 Å². The maximum atomic E-state index is 12.1. The highest BCUT2D eigenvalue weighted by Gasteiger charge is 2.11. The van der Waals surface area contributed by atoms with Gasteiger partial charge in [-0.05, 0) is 20.5 Å². The second-order valence-electron chi connectivity index (χ2n) is 4.23. The Morgan fingerprint density at radius 3 is 2.53 bits per heavy atom. The molecular weight excluding hydrogens is 242 g/mol. The topological polar surface area (TPSA) is 58.1 Å². The van der Waals surface area contributed by atoms with E-state index in [0.29, 0.717) is 25.1 Å². The van der Waals surface area contributed by atoms with Crippen LogP contribution in [-0.2, 0) is 13.0 Å². The molecule has 1 aromatic rings. The zero-order valence-corrected chi connectivity index (χ0v) is 11.2. The van der Waals surface area contributed by atoms with Crippen molar-refractivity contribution in [3.05, 3.63) is 31.6 Å². The second kappa shape index (κ2) is 6.02. The lowest BCUT2D eigenvalue weighted by Gasteiger charge is -2.12. The van der Waals surface area contributed by atoms with Crippen LogP contribution < -0.4 is 11.2 Å². The highest BCUT2D eigenvalue weighted by Crippen LogP contribution is 2.07. The van der Waals surface area contributed by atoms with Crippen LogP contribution in [0.1, 0.15) is 18.9 Å². The van der Waals surface area contributed by atoms with Gasteiger partial charge in [0.15, 0.2) is 0 Å². The minimum Gasteiger partial charge on any atom is -0.308 e. The van der Waals surface area contributed by atoms with Gasteiger partial charge < -0.3 is 4.90 Å². The summed E-state index contributed by atoms with van der Waals surface area (Å²) >= 11 is 5.87. The quantitative estimate of drug-likeness (QED) is 0.792. The third-order valence-corrected chi connectivity index (χ3v) is 2.82. The van der Waals surface area contributed by atoms with E-state index in [-0.39, 0.29) is 10.7 Å². The van der Waals surface area contributed by atoms with Crippen LogP contribution in [0.3, 0.4) is 0 Å². The summed E-state index contributed by atoms with van der Waals surface area (Å²) in [6.07, 6.45) is 1.39. The number of aromatic nitrogens is 2. The lowest BCUT2D eigenvalue weighted by atomic mass is 10.2. The molecule has 1 N–H and O–H groups in total. The van der Waals surface area contributed by atoms with Crippen molar-refractivity contribution < 1.29 is 0 Å². The molecule has 0 aliphatic rings. The summed E-state index contributed by atoms with van der Waals surface area (Å²) in [5.41, 5.74) is -0.225. The molecule has 0 saturated carbocycles. The zero-order chi connectivity index (χ0) is 13.0. The van der Waals surface area contributed by atoms with Crippen molar-refractivity contribution in [2.75, 3.05) is 20.6 Å². The minimum absolute atomic E-state index is 0.169. The van der Waals surface area contributed by atoms with Gasteiger partial charge >= 0.3 is 5.69 Å². The van der Waals surface area contributed by atoms with Crippen LogP contribution >= 0.6 is 11.6 Å². The Hall–Kier alpha value is -1.07. The molecule has 0 aliphatic carbocycles. The number of halogens is 1. The van der Waals surface area contributed by atoms with E-state index in [1.165, 1.54) is 4.57 Å². The maximum Gasteiger partial charge on any atom is 0.329 e. The van der Waals surface area contributed by atoms with Gasteiger partial charge in [-0.15, -0.1) is 0 Å². The highest BCUT2D eigenvalue weighted by molar-refractivity contribution is 6.30. The first-order valence-electron chi connectivity index (χ1n) is 5.63. The Morgan fingerprint density at radius 1 is 1.35 bits per heavy atom. The minimum atomic E-state index is -0.443. The molecule has 96 valence electrons. The van der Waals surface area contributed by atoms with Gasteiger partial charge in [-0.1, -0.05) is 24.9 Å². The summed E-state index contributed by atoms with van der Waals surface area (Å²) < 4.78 is 1.21. The Morgan fingerprint density at radius 2 is 2.00 bits per heavy atom. The lowest BCUT2D eigenvalue weighted by Crippen LogP contribution is -2.39. The third-order valence-electron chi connectivity index (χ3n) is 2.50. The largest absolute Gasteiger partial charge is 0.329 e. The molecule has 1 heterocycles. The molecule has 0 atom stereocenters. The number of H-pyrrole nitrogens is 1. The molecule has 0 fully saturated rings. The molecule has 0 aliphatic heterocycles. The SMILES string of the molecule is CCCc1c(Cl)[nH]c(=O)n(CCN(C)C)c1=O. The summed E-state index contributed by atoms with van der Waals surface area (Å²) in [6, 6.07) is 0. The third kappa shape index (κ3) is 3.44. The first-order chi connectivity index (χ1) is 7.97. The molecule has 6 heteroatoms. The molecule has 5 nitrogen and oxygen atoms in total. The molecule has 0 spiro atoms. The van der Waals surface area contributed by atoms with Gasteiger partial charge in [0.2, 0.25) is 0 Å². The fourth-order valence-electron chi connectivity index (χ4n) is 1.56. The monoisotopic (exact) mass is 259 g/mol. The van der Waals surface area contributed by atoms with E-state index < -0.39 is 5.69 Å². The van der Waals surface area contributed by atoms with Crippen molar-refractivity contribution in [3.63, 3.8) is 0 Å². The smallest absolute Gasteiger partial charge is 0.308 e. The fourth-order valence-corrected chi connectivity index (χ4v) is 1.81. The molecule has 0 unspecified atom stereocenters. The standard InChI is InChI=1S/C11H18ClN3O2/c1-4-5-8-9(12)13-11(17)15(10(8)16)7-6-14(2)3/h4-7H2,1-3H3,(H,13,17). The molecule has 0 saturated heterocycles. The molecule has 17 heavy (non-hydrogen) atoms. The number of aromatic amines is 1. The Labute approximate surface area is 105 Å². The zero-order valence-electron chi connectivity index (χ0n) is 10.4. The first kappa shape index (κ1) is 14.0. The number of hydrogen-bond donors (Lipinski definition) is 1.